The van der Waals surface area contributed by atoms with Crippen molar-refractivity contribution in [2.24, 2.45) is 5.73 Å². The summed E-state index contributed by atoms with van der Waals surface area (Å²) in [5.74, 6) is -1.76. The number of carbonyl (C=O) groups is 3. The van der Waals surface area contributed by atoms with Crippen molar-refractivity contribution in [3.63, 3.8) is 0 Å². The quantitative estimate of drug-likeness (QED) is 0.483. The van der Waals surface area contributed by atoms with Crippen LogP contribution in [-0.2, 0) is 30.3 Å². The Hall–Kier alpha value is -2.21. The number of carbonyl (C=O) groups excluding carboxylic acids is 3. The number of hydrogen-bond acceptors (Lipinski definition) is 6. The monoisotopic (exact) mass is 321 g/mol. The molecule has 0 saturated heterocycles. The SMILES string of the molecule is CC(=O)OC(C=O)(C(=O)OC(C)(C)C)C(N)Cc1ccccc1. The van der Waals surface area contributed by atoms with Crippen molar-refractivity contribution < 1.29 is 23.9 Å². The van der Waals surface area contributed by atoms with Crippen molar-refractivity contribution in [3.8, 4) is 0 Å². The Morgan fingerprint density at radius 3 is 2.17 bits per heavy atom. The summed E-state index contributed by atoms with van der Waals surface area (Å²) in [5, 5.41) is 0. The van der Waals surface area contributed by atoms with Gasteiger partial charge >= 0.3 is 11.9 Å². The fraction of sp³-hybridized carbons (Fsp3) is 0.471. The third kappa shape index (κ3) is 5.17. The average Bonchev–Trinajstić information content (AvgIpc) is 2.43. The topological polar surface area (TPSA) is 95.7 Å². The molecule has 1 rings (SSSR count). The van der Waals surface area contributed by atoms with Gasteiger partial charge in [0.1, 0.15) is 5.60 Å². The van der Waals surface area contributed by atoms with Gasteiger partial charge in [0.05, 0.1) is 6.04 Å². The average molecular weight is 321 g/mol. The van der Waals surface area contributed by atoms with Crippen LogP contribution in [0.25, 0.3) is 0 Å². The zero-order valence-electron chi connectivity index (χ0n) is 13.9. The van der Waals surface area contributed by atoms with E-state index in [4.69, 9.17) is 15.2 Å². The van der Waals surface area contributed by atoms with Gasteiger partial charge in [0.15, 0.2) is 6.29 Å². The van der Waals surface area contributed by atoms with E-state index >= 15 is 0 Å². The standard InChI is InChI=1S/C17H23NO5/c1-12(20)22-17(11-19,15(21)23-16(2,3)4)14(18)10-13-8-6-5-7-9-13/h5-9,11,14H,10,18H2,1-4H3. The molecule has 2 N–H and O–H groups in total. The smallest absolute Gasteiger partial charge is 0.360 e. The summed E-state index contributed by atoms with van der Waals surface area (Å²) in [6.07, 6.45) is 0.419. The number of ether oxygens (including phenoxy) is 2. The van der Waals surface area contributed by atoms with E-state index in [0.717, 1.165) is 12.5 Å². The Labute approximate surface area is 135 Å². The minimum atomic E-state index is -2.17. The summed E-state index contributed by atoms with van der Waals surface area (Å²) in [6, 6.07) is 7.99. The van der Waals surface area contributed by atoms with Gasteiger partial charge in [-0.25, -0.2) is 4.79 Å². The van der Waals surface area contributed by atoms with E-state index in [1.807, 2.05) is 18.2 Å². The maximum atomic E-state index is 12.5. The molecule has 0 bridgehead atoms. The summed E-state index contributed by atoms with van der Waals surface area (Å²) in [4.78, 5) is 35.5. The second-order valence-electron chi connectivity index (χ2n) is 6.30. The first-order chi connectivity index (χ1) is 10.6. The van der Waals surface area contributed by atoms with E-state index in [-0.39, 0.29) is 12.7 Å². The van der Waals surface area contributed by atoms with Crippen LogP contribution in [0.3, 0.4) is 0 Å². The van der Waals surface area contributed by atoms with Crippen LogP contribution >= 0.6 is 0 Å². The molecule has 0 heterocycles. The van der Waals surface area contributed by atoms with E-state index < -0.39 is 29.2 Å². The molecule has 2 unspecified atom stereocenters. The van der Waals surface area contributed by atoms with Crippen molar-refractivity contribution in [1.29, 1.82) is 0 Å². The number of hydrogen-bond donors (Lipinski definition) is 1. The van der Waals surface area contributed by atoms with E-state index in [1.165, 1.54) is 0 Å². The Balaban J connectivity index is 3.13. The highest BCUT2D eigenvalue weighted by molar-refractivity contribution is 6.00. The van der Waals surface area contributed by atoms with Crippen LogP contribution in [0.15, 0.2) is 30.3 Å². The first kappa shape index (κ1) is 18.8. The zero-order valence-corrected chi connectivity index (χ0v) is 13.9. The van der Waals surface area contributed by atoms with Crippen LogP contribution < -0.4 is 5.73 Å². The Bertz CT molecular complexity index is 564. The maximum absolute atomic E-state index is 12.5. The summed E-state index contributed by atoms with van der Waals surface area (Å²) in [5.41, 5.74) is 3.84. The molecule has 1 aromatic carbocycles. The molecule has 6 nitrogen and oxygen atoms in total. The van der Waals surface area contributed by atoms with Crippen molar-refractivity contribution in [1.82, 2.24) is 0 Å². The molecule has 0 fully saturated rings. The zero-order chi connectivity index (χ0) is 17.7. The van der Waals surface area contributed by atoms with Crippen LogP contribution in [-0.4, -0.2) is 35.5 Å². The lowest BCUT2D eigenvalue weighted by molar-refractivity contribution is -0.190. The van der Waals surface area contributed by atoms with Gasteiger partial charge in [0.25, 0.3) is 5.60 Å². The lowest BCUT2D eigenvalue weighted by atomic mass is 9.90. The Morgan fingerprint density at radius 1 is 1.17 bits per heavy atom. The molecule has 1 aromatic rings. The molecule has 126 valence electrons. The predicted molar refractivity (Wildman–Crippen MR) is 84.5 cm³/mol. The number of rotatable bonds is 6. The molecule has 0 saturated carbocycles. The third-order valence-corrected chi connectivity index (χ3v) is 3.05. The van der Waals surface area contributed by atoms with Gasteiger partial charge in [-0.3, -0.25) is 9.59 Å². The first-order valence-corrected chi connectivity index (χ1v) is 7.29. The van der Waals surface area contributed by atoms with Crippen LogP contribution in [0.1, 0.15) is 33.3 Å². The van der Waals surface area contributed by atoms with Crippen molar-refractivity contribution in [2.75, 3.05) is 0 Å². The second kappa shape index (κ2) is 7.37. The van der Waals surface area contributed by atoms with Gasteiger partial charge in [0, 0.05) is 6.92 Å². The van der Waals surface area contributed by atoms with Gasteiger partial charge < -0.3 is 15.2 Å². The molecular formula is C17H23NO5. The van der Waals surface area contributed by atoms with Crippen LogP contribution in [0, 0.1) is 0 Å². The molecular weight excluding hydrogens is 298 g/mol. The molecule has 0 radical (unpaired) electrons. The van der Waals surface area contributed by atoms with Crippen molar-refractivity contribution in [3.05, 3.63) is 35.9 Å². The predicted octanol–water partition coefficient (Wildman–Crippen LogP) is 1.40. The van der Waals surface area contributed by atoms with Gasteiger partial charge in [-0.1, -0.05) is 30.3 Å². The highest BCUT2D eigenvalue weighted by Gasteiger charge is 2.50. The lowest BCUT2D eigenvalue weighted by Crippen LogP contribution is -2.60. The third-order valence-electron chi connectivity index (χ3n) is 3.05. The summed E-state index contributed by atoms with van der Waals surface area (Å²) in [7, 11) is 0. The van der Waals surface area contributed by atoms with Crippen LogP contribution in [0.2, 0.25) is 0 Å². The summed E-state index contributed by atoms with van der Waals surface area (Å²) >= 11 is 0. The number of esters is 2. The summed E-state index contributed by atoms with van der Waals surface area (Å²) in [6.45, 7) is 6.06. The summed E-state index contributed by atoms with van der Waals surface area (Å²) < 4.78 is 10.2. The number of benzene rings is 1. The number of aldehydes is 1. The number of nitrogens with two attached hydrogens (primary N) is 1. The molecule has 0 aromatic heterocycles. The van der Waals surface area contributed by atoms with E-state index in [9.17, 15) is 14.4 Å². The van der Waals surface area contributed by atoms with E-state index in [1.54, 1.807) is 32.9 Å². The molecule has 0 aliphatic rings. The molecule has 0 aliphatic carbocycles. The van der Waals surface area contributed by atoms with Gasteiger partial charge in [-0.15, -0.1) is 0 Å². The minimum Gasteiger partial charge on any atom is -0.457 e. The molecule has 0 spiro atoms. The lowest BCUT2D eigenvalue weighted by Gasteiger charge is -2.33. The maximum Gasteiger partial charge on any atom is 0.360 e. The fourth-order valence-corrected chi connectivity index (χ4v) is 2.04. The van der Waals surface area contributed by atoms with Crippen LogP contribution in [0.5, 0.6) is 0 Å². The molecule has 6 heteroatoms. The van der Waals surface area contributed by atoms with Crippen LogP contribution in [0.4, 0.5) is 0 Å². The molecule has 0 aliphatic heterocycles. The van der Waals surface area contributed by atoms with Crippen molar-refractivity contribution in [2.45, 2.75) is 51.4 Å². The second-order valence-corrected chi connectivity index (χ2v) is 6.30. The molecule has 0 amide bonds. The largest absolute Gasteiger partial charge is 0.457 e. The molecule has 2 atom stereocenters. The first-order valence-electron chi connectivity index (χ1n) is 7.29. The Kier molecular flexibility index (Phi) is 6.04. The van der Waals surface area contributed by atoms with E-state index in [2.05, 4.69) is 0 Å². The fourth-order valence-electron chi connectivity index (χ4n) is 2.04. The van der Waals surface area contributed by atoms with Crippen molar-refractivity contribution >= 4 is 18.2 Å². The van der Waals surface area contributed by atoms with Gasteiger partial charge in [0.2, 0.25) is 0 Å². The van der Waals surface area contributed by atoms with Gasteiger partial charge in [-0.05, 0) is 32.8 Å². The highest BCUT2D eigenvalue weighted by atomic mass is 16.6. The minimum absolute atomic E-state index is 0.173. The highest BCUT2D eigenvalue weighted by Crippen LogP contribution is 2.22. The van der Waals surface area contributed by atoms with E-state index in [0.29, 0.717) is 0 Å². The normalized spacial score (nSPS) is 15.2. The van der Waals surface area contributed by atoms with Gasteiger partial charge in [-0.2, -0.15) is 0 Å². The molecule has 23 heavy (non-hydrogen) atoms. The Morgan fingerprint density at radius 2 is 1.74 bits per heavy atom.